The van der Waals surface area contributed by atoms with E-state index >= 15 is 0 Å². The third-order valence-electron chi connectivity index (χ3n) is 0.943. The predicted octanol–water partition coefficient (Wildman–Crippen LogP) is -1.22. The van der Waals surface area contributed by atoms with Gasteiger partial charge in [-0.25, -0.2) is 0 Å². The van der Waals surface area contributed by atoms with Gasteiger partial charge in [0.25, 0.3) is 0 Å². The maximum absolute atomic E-state index is 9.59. The topological polar surface area (TPSA) is 80.3 Å². The van der Waals surface area contributed by atoms with Crippen molar-refractivity contribution >= 4 is 11.9 Å². The molecule has 0 aromatic rings. The van der Waals surface area contributed by atoms with Gasteiger partial charge in [0.2, 0.25) is 0 Å². The zero-order valence-corrected chi connectivity index (χ0v) is 9.35. The smallest absolute Gasteiger partial charge is 0.550 e. The van der Waals surface area contributed by atoms with Gasteiger partial charge in [0, 0.05) is 11.9 Å². The molecular formula is C8H14MnO4. The van der Waals surface area contributed by atoms with Crippen LogP contribution in [0.5, 0.6) is 0 Å². The van der Waals surface area contributed by atoms with Gasteiger partial charge >= 0.3 is 17.1 Å². The molecule has 4 nitrogen and oxygen atoms in total. The van der Waals surface area contributed by atoms with Gasteiger partial charge in [-0.2, -0.15) is 0 Å². The van der Waals surface area contributed by atoms with Crippen LogP contribution in [0.1, 0.15) is 27.7 Å². The molecule has 0 saturated carbocycles. The van der Waals surface area contributed by atoms with Gasteiger partial charge in [-0.1, -0.05) is 27.7 Å². The Morgan fingerprint density at radius 3 is 0.923 bits per heavy atom. The van der Waals surface area contributed by atoms with Gasteiger partial charge < -0.3 is 19.8 Å². The number of hydrogen-bond donors (Lipinski definition) is 0. The fourth-order valence-corrected chi connectivity index (χ4v) is 0. The predicted molar refractivity (Wildman–Crippen MR) is 39.7 cm³/mol. The number of aliphatic carboxylic acids is 2. The maximum Gasteiger partial charge on any atom is 2.00 e. The van der Waals surface area contributed by atoms with E-state index in [-0.39, 0.29) is 28.9 Å². The van der Waals surface area contributed by atoms with Gasteiger partial charge in [-0.05, 0) is 11.8 Å². The van der Waals surface area contributed by atoms with Crippen molar-refractivity contribution in [3.63, 3.8) is 0 Å². The van der Waals surface area contributed by atoms with Gasteiger partial charge in [-0.15, -0.1) is 0 Å². The number of carboxylic acid groups (broad SMARTS) is 2. The molecule has 1 radical (unpaired) electrons. The third-order valence-corrected chi connectivity index (χ3v) is 0.943. The minimum atomic E-state index is -0.991. The Morgan fingerprint density at radius 1 is 0.846 bits per heavy atom. The van der Waals surface area contributed by atoms with Crippen LogP contribution < -0.4 is 10.2 Å². The molecule has 0 N–H and O–H groups in total. The van der Waals surface area contributed by atoms with E-state index in [0.717, 1.165) is 0 Å². The van der Waals surface area contributed by atoms with E-state index in [1.165, 1.54) is 0 Å². The van der Waals surface area contributed by atoms with E-state index in [9.17, 15) is 19.8 Å². The third kappa shape index (κ3) is 18.4. The minimum Gasteiger partial charge on any atom is -0.550 e. The number of carboxylic acids is 2. The second-order valence-electron chi connectivity index (χ2n) is 2.95. The van der Waals surface area contributed by atoms with Crippen LogP contribution in [-0.2, 0) is 26.7 Å². The number of carbonyl (C=O) groups excluding carboxylic acids is 2. The summed E-state index contributed by atoms with van der Waals surface area (Å²) in [6, 6.07) is 0. The molecule has 0 aliphatic heterocycles. The van der Waals surface area contributed by atoms with Crippen LogP contribution in [0, 0.1) is 11.8 Å². The molecule has 0 aromatic heterocycles. The van der Waals surface area contributed by atoms with Crippen molar-refractivity contribution < 1.29 is 36.9 Å². The van der Waals surface area contributed by atoms with Crippen molar-refractivity contribution in [2.45, 2.75) is 27.7 Å². The molecule has 0 rings (SSSR count). The maximum atomic E-state index is 9.59. The molecule has 0 spiro atoms. The van der Waals surface area contributed by atoms with E-state index in [0.29, 0.717) is 0 Å². The Labute approximate surface area is 88.8 Å². The van der Waals surface area contributed by atoms with Crippen LogP contribution in [0.3, 0.4) is 0 Å². The molecule has 0 aliphatic rings. The first-order valence-corrected chi connectivity index (χ1v) is 3.70. The molecule has 0 atom stereocenters. The normalized spacial score (nSPS) is 8.46. The summed E-state index contributed by atoms with van der Waals surface area (Å²) in [5.41, 5.74) is 0. The van der Waals surface area contributed by atoms with E-state index in [4.69, 9.17) is 0 Å². The summed E-state index contributed by atoms with van der Waals surface area (Å²) in [4.78, 5) is 19.2. The Hall–Kier alpha value is -0.541. The minimum absolute atomic E-state index is 0. The summed E-state index contributed by atoms with van der Waals surface area (Å²) in [5, 5.41) is 19.2. The summed E-state index contributed by atoms with van der Waals surface area (Å²) in [6.07, 6.45) is 0. The van der Waals surface area contributed by atoms with E-state index in [1.807, 2.05) is 0 Å². The largest absolute Gasteiger partial charge is 2.00 e. The van der Waals surface area contributed by atoms with Crippen molar-refractivity contribution in [2.24, 2.45) is 11.8 Å². The average Bonchev–Trinajstić information content (AvgIpc) is 1.88. The zero-order valence-electron chi connectivity index (χ0n) is 8.17. The summed E-state index contributed by atoms with van der Waals surface area (Å²) < 4.78 is 0. The van der Waals surface area contributed by atoms with Crippen molar-refractivity contribution in [1.29, 1.82) is 0 Å². The molecular weight excluding hydrogens is 215 g/mol. The zero-order chi connectivity index (χ0) is 10.3. The molecule has 0 unspecified atom stereocenters. The Balaban J connectivity index is -0.000000143. The van der Waals surface area contributed by atoms with Crippen LogP contribution >= 0.6 is 0 Å². The molecule has 5 heteroatoms. The number of hydrogen-bond acceptors (Lipinski definition) is 4. The summed E-state index contributed by atoms with van der Waals surface area (Å²) in [7, 11) is 0. The van der Waals surface area contributed by atoms with E-state index in [2.05, 4.69) is 0 Å². The van der Waals surface area contributed by atoms with Crippen molar-refractivity contribution in [3.05, 3.63) is 0 Å². The first-order chi connectivity index (χ1) is 5.29. The fourth-order valence-electron chi connectivity index (χ4n) is 0. The SMILES string of the molecule is CC(C)C(=O)[O-].CC(C)C(=O)[O-].[Mn+2]. The first kappa shape index (κ1) is 18.3. The van der Waals surface area contributed by atoms with E-state index < -0.39 is 11.9 Å². The number of rotatable bonds is 2. The summed E-state index contributed by atoms with van der Waals surface area (Å²) >= 11 is 0. The molecule has 0 fully saturated rings. The van der Waals surface area contributed by atoms with Crippen LogP contribution in [0.2, 0.25) is 0 Å². The van der Waals surface area contributed by atoms with Gasteiger partial charge in [0.05, 0.1) is 0 Å². The monoisotopic (exact) mass is 229 g/mol. The van der Waals surface area contributed by atoms with Crippen LogP contribution in [0.4, 0.5) is 0 Å². The van der Waals surface area contributed by atoms with Crippen LogP contribution in [0.15, 0.2) is 0 Å². The first-order valence-electron chi connectivity index (χ1n) is 3.70. The molecule has 0 heterocycles. The molecule has 0 bridgehead atoms. The van der Waals surface area contributed by atoms with Crippen LogP contribution in [-0.4, -0.2) is 11.9 Å². The molecule has 13 heavy (non-hydrogen) atoms. The Bertz CT molecular complexity index is 136. The summed E-state index contributed by atoms with van der Waals surface area (Å²) in [5.74, 6) is -2.67. The van der Waals surface area contributed by atoms with Gasteiger partial charge in [0.15, 0.2) is 0 Å². The average molecular weight is 229 g/mol. The fraction of sp³-hybridized carbons (Fsp3) is 0.750. The second kappa shape index (κ2) is 9.55. The molecule has 0 aromatic carbocycles. The number of carbonyl (C=O) groups is 2. The van der Waals surface area contributed by atoms with Crippen molar-refractivity contribution in [1.82, 2.24) is 0 Å². The van der Waals surface area contributed by atoms with Gasteiger partial charge in [-0.3, -0.25) is 0 Å². The second-order valence-corrected chi connectivity index (χ2v) is 2.95. The quantitative estimate of drug-likeness (QED) is 0.556. The standard InChI is InChI=1S/2C4H8O2.Mn/c2*1-3(2)4(5)6;/h2*3H,1-2H3,(H,5,6);/q;;+2/p-2. The Kier molecular flexibility index (Phi) is 13.4. The van der Waals surface area contributed by atoms with Crippen LogP contribution in [0.25, 0.3) is 0 Å². The molecule has 77 valence electrons. The molecule has 0 amide bonds. The molecule has 0 aliphatic carbocycles. The summed E-state index contributed by atoms with van der Waals surface area (Å²) in [6.45, 7) is 6.31. The van der Waals surface area contributed by atoms with Gasteiger partial charge in [0.1, 0.15) is 0 Å². The van der Waals surface area contributed by atoms with Crippen molar-refractivity contribution in [3.8, 4) is 0 Å². The van der Waals surface area contributed by atoms with E-state index in [1.54, 1.807) is 27.7 Å². The van der Waals surface area contributed by atoms with Crippen molar-refractivity contribution in [2.75, 3.05) is 0 Å². The molecule has 0 saturated heterocycles. The Morgan fingerprint density at radius 2 is 0.923 bits per heavy atom.